The van der Waals surface area contributed by atoms with E-state index in [-0.39, 0.29) is 0 Å². The van der Waals surface area contributed by atoms with E-state index in [1.54, 1.807) is 31.4 Å². The number of rotatable bonds is 3. The highest BCUT2D eigenvalue weighted by atomic mass is 16.5. The summed E-state index contributed by atoms with van der Waals surface area (Å²) in [5.74, 6) is 0.714. The fourth-order valence-corrected chi connectivity index (χ4v) is 1.81. The maximum absolute atomic E-state index is 8.96. The summed E-state index contributed by atoms with van der Waals surface area (Å²) in [6.07, 6.45) is 1.83. The highest BCUT2D eigenvalue weighted by Gasteiger charge is 2.07. The van der Waals surface area contributed by atoms with Crippen molar-refractivity contribution in [3.8, 4) is 17.9 Å². The van der Waals surface area contributed by atoms with Gasteiger partial charge >= 0.3 is 0 Å². The van der Waals surface area contributed by atoms with Gasteiger partial charge < -0.3 is 9.30 Å². The third-order valence-corrected chi connectivity index (χ3v) is 2.69. The van der Waals surface area contributed by atoms with Gasteiger partial charge in [0.25, 0.3) is 0 Å². The predicted molar refractivity (Wildman–Crippen MR) is 66.0 cm³/mol. The summed E-state index contributed by atoms with van der Waals surface area (Å²) in [7, 11) is 1.59. The van der Waals surface area contributed by atoms with Crippen LogP contribution >= 0.6 is 0 Å². The summed E-state index contributed by atoms with van der Waals surface area (Å²) in [5.41, 5.74) is 2.04. The van der Waals surface area contributed by atoms with E-state index in [4.69, 9.17) is 15.3 Å². The third-order valence-electron chi connectivity index (χ3n) is 2.69. The first-order valence-corrected chi connectivity index (χ1v) is 5.40. The van der Waals surface area contributed by atoms with Crippen LogP contribution in [0.2, 0.25) is 0 Å². The first kappa shape index (κ1) is 11.8. The molecule has 4 heteroatoms. The van der Waals surface area contributed by atoms with Gasteiger partial charge in [-0.3, -0.25) is 0 Å². The predicted octanol–water partition coefficient (Wildman–Crippen LogP) is 2.29. The molecule has 1 aromatic carbocycles. The molecule has 0 amide bonds. The molecule has 0 saturated heterocycles. The van der Waals surface area contributed by atoms with E-state index in [0.29, 0.717) is 23.6 Å². The zero-order chi connectivity index (χ0) is 13.0. The van der Waals surface area contributed by atoms with Crippen molar-refractivity contribution in [2.75, 3.05) is 7.11 Å². The second-order valence-corrected chi connectivity index (χ2v) is 3.77. The zero-order valence-corrected chi connectivity index (χ0v) is 9.92. The van der Waals surface area contributed by atoms with Crippen molar-refractivity contribution in [2.45, 2.75) is 6.54 Å². The number of nitrogens with zero attached hydrogens (tertiary/aromatic N) is 3. The van der Waals surface area contributed by atoms with Gasteiger partial charge in [0.2, 0.25) is 0 Å². The minimum Gasteiger partial charge on any atom is -0.496 e. The van der Waals surface area contributed by atoms with E-state index in [0.717, 1.165) is 5.56 Å². The normalized spacial score (nSPS) is 9.50. The SMILES string of the molecule is COc1ccc(C#N)cc1Cn1cccc1C#N. The minimum atomic E-state index is 0.509. The summed E-state index contributed by atoms with van der Waals surface area (Å²) >= 11 is 0. The van der Waals surface area contributed by atoms with Crippen LogP contribution in [0.15, 0.2) is 36.5 Å². The number of benzene rings is 1. The van der Waals surface area contributed by atoms with E-state index in [1.165, 1.54) is 0 Å². The van der Waals surface area contributed by atoms with Gasteiger partial charge in [-0.25, -0.2) is 0 Å². The Labute approximate surface area is 105 Å². The maximum atomic E-state index is 8.96. The minimum absolute atomic E-state index is 0.509. The topological polar surface area (TPSA) is 61.7 Å². The molecule has 0 saturated carbocycles. The van der Waals surface area contributed by atoms with Crippen molar-refractivity contribution in [3.05, 3.63) is 53.3 Å². The molecule has 2 rings (SSSR count). The Bertz CT molecular complexity index is 644. The van der Waals surface area contributed by atoms with E-state index in [1.807, 2.05) is 16.8 Å². The molecule has 18 heavy (non-hydrogen) atoms. The van der Waals surface area contributed by atoms with Crippen molar-refractivity contribution >= 4 is 0 Å². The molecule has 0 radical (unpaired) electrons. The third kappa shape index (κ3) is 2.18. The fraction of sp³-hybridized carbons (Fsp3) is 0.143. The molecule has 0 fully saturated rings. The van der Waals surface area contributed by atoms with Gasteiger partial charge in [-0.1, -0.05) is 0 Å². The van der Waals surface area contributed by atoms with Crippen LogP contribution in [0.25, 0.3) is 0 Å². The molecule has 0 spiro atoms. The maximum Gasteiger partial charge on any atom is 0.123 e. The van der Waals surface area contributed by atoms with Gasteiger partial charge in [-0.15, -0.1) is 0 Å². The van der Waals surface area contributed by atoms with E-state index >= 15 is 0 Å². The molecule has 4 nitrogen and oxygen atoms in total. The molecule has 88 valence electrons. The highest BCUT2D eigenvalue weighted by Crippen LogP contribution is 2.21. The Hall–Kier alpha value is -2.72. The lowest BCUT2D eigenvalue weighted by Crippen LogP contribution is -2.03. The molecule has 0 aliphatic carbocycles. The van der Waals surface area contributed by atoms with Gasteiger partial charge in [0, 0.05) is 11.8 Å². The Morgan fingerprint density at radius 1 is 1.22 bits per heavy atom. The van der Waals surface area contributed by atoms with Crippen molar-refractivity contribution in [1.29, 1.82) is 10.5 Å². The first-order chi connectivity index (χ1) is 8.78. The Balaban J connectivity index is 2.39. The van der Waals surface area contributed by atoms with Gasteiger partial charge in [0.15, 0.2) is 0 Å². The van der Waals surface area contributed by atoms with Gasteiger partial charge in [0.05, 0.1) is 25.3 Å². The van der Waals surface area contributed by atoms with Crippen LogP contribution in [0, 0.1) is 22.7 Å². The largest absolute Gasteiger partial charge is 0.496 e. The van der Waals surface area contributed by atoms with Crippen LogP contribution in [-0.2, 0) is 6.54 Å². The lowest BCUT2D eigenvalue weighted by Gasteiger charge is -2.10. The van der Waals surface area contributed by atoms with Gasteiger partial charge in [0.1, 0.15) is 17.5 Å². The molecule has 0 unspecified atom stereocenters. The molecule has 1 heterocycles. The zero-order valence-electron chi connectivity index (χ0n) is 9.92. The molecular formula is C14H11N3O. The van der Waals surface area contributed by atoms with Gasteiger partial charge in [-0.2, -0.15) is 10.5 Å². The quantitative estimate of drug-likeness (QED) is 0.822. The van der Waals surface area contributed by atoms with E-state index in [2.05, 4.69) is 12.1 Å². The lowest BCUT2D eigenvalue weighted by atomic mass is 10.1. The Morgan fingerprint density at radius 3 is 2.72 bits per heavy atom. The molecule has 0 N–H and O–H groups in total. The monoisotopic (exact) mass is 237 g/mol. The fourth-order valence-electron chi connectivity index (χ4n) is 1.81. The molecule has 0 bridgehead atoms. The lowest BCUT2D eigenvalue weighted by molar-refractivity contribution is 0.408. The summed E-state index contributed by atoms with van der Waals surface area (Å²) in [5, 5.41) is 17.9. The van der Waals surface area contributed by atoms with E-state index < -0.39 is 0 Å². The Kier molecular flexibility index (Phi) is 3.31. The summed E-state index contributed by atoms with van der Waals surface area (Å²) < 4.78 is 7.08. The number of ether oxygens (including phenoxy) is 1. The number of nitriles is 2. The molecule has 0 aliphatic heterocycles. The molecule has 1 aromatic heterocycles. The smallest absolute Gasteiger partial charge is 0.123 e. The summed E-state index contributed by atoms with van der Waals surface area (Å²) in [4.78, 5) is 0. The van der Waals surface area contributed by atoms with Crippen LogP contribution < -0.4 is 4.74 Å². The molecule has 0 atom stereocenters. The molecule has 0 aliphatic rings. The first-order valence-electron chi connectivity index (χ1n) is 5.40. The molecule has 2 aromatic rings. The van der Waals surface area contributed by atoms with Crippen LogP contribution in [0.4, 0.5) is 0 Å². The summed E-state index contributed by atoms with van der Waals surface area (Å²) in [6.45, 7) is 0.509. The van der Waals surface area contributed by atoms with Crippen molar-refractivity contribution in [2.24, 2.45) is 0 Å². The second kappa shape index (κ2) is 5.07. The Morgan fingerprint density at radius 2 is 2.06 bits per heavy atom. The van der Waals surface area contributed by atoms with E-state index in [9.17, 15) is 0 Å². The van der Waals surface area contributed by atoms with Crippen molar-refractivity contribution < 1.29 is 4.74 Å². The molecular weight excluding hydrogens is 226 g/mol. The number of hydrogen-bond donors (Lipinski definition) is 0. The van der Waals surface area contributed by atoms with Crippen LogP contribution in [0.1, 0.15) is 16.8 Å². The van der Waals surface area contributed by atoms with Crippen LogP contribution in [0.3, 0.4) is 0 Å². The standard InChI is InChI=1S/C14H11N3O/c1-18-14-5-4-11(8-15)7-12(14)10-17-6-2-3-13(17)9-16/h2-7H,10H2,1H3. The highest BCUT2D eigenvalue weighted by molar-refractivity contribution is 5.42. The average Bonchev–Trinajstić information content (AvgIpc) is 2.86. The number of aromatic nitrogens is 1. The van der Waals surface area contributed by atoms with Crippen LogP contribution in [0.5, 0.6) is 5.75 Å². The van der Waals surface area contributed by atoms with Crippen molar-refractivity contribution in [1.82, 2.24) is 4.57 Å². The van der Waals surface area contributed by atoms with Gasteiger partial charge in [-0.05, 0) is 30.3 Å². The van der Waals surface area contributed by atoms with Crippen molar-refractivity contribution in [3.63, 3.8) is 0 Å². The number of methoxy groups -OCH3 is 1. The summed E-state index contributed by atoms with van der Waals surface area (Å²) in [6, 6.07) is 13.0. The number of hydrogen-bond acceptors (Lipinski definition) is 3. The average molecular weight is 237 g/mol. The van der Waals surface area contributed by atoms with Crippen LogP contribution in [-0.4, -0.2) is 11.7 Å². The second-order valence-electron chi connectivity index (χ2n) is 3.77.